The van der Waals surface area contributed by atoms with Gasteiger partial charge in [0, 0.05) is 13.1 Å². The summed E-state index contributed by atoms with van der Waals surface area (Å²) in [5, 5.41) is 9.08. The van der Waals surface area contributed by atoms with Crippen molar-refractivity contribution in [2.75, 3.05) is 19.6 Å². The van der Waals surface area contributed by atoms with Crippen molar-refractivity contribution in [1.29, 1.82) is 0 Å². The first-order chi connectivity index (χ1) is 6.67. The van der Waals surface area contributed by atoms with Crippen LogP contribution in [0.15, 0.2) is 17.3 Å². The predicted octanol–water partition coefficient (Wildman–Crippen LogP) is -0.702. The molecule has 0 amide bonds. The summed E-state index contributed by atoms with van der Waals surface area (Å²) in [6.07, 6.45) is 1.40. The molecule has 7 heteroatoms. The Kier molecular flexibility index (Phi) is 4.05. The van der Waals surface area contributed by atoms with E-state index in [1.54, 1.807) is 0 Å². The van der Waals surface area contributed by atoms with Crippen LogP contribution in [0.5, 0.6) is 0 Å². The molecule has 3 N–H and O–H groups in total. The molecule has 1 aromatic rings. The Bertz CT molecular complexity index is 346. The highest BCUT2D eigenvalue weighted by atomic mass is 32.2. The molecule has 0 spiro atoms. The van der Waals surface area contributed by atoms with Gasteiger partial charge in [0.1, 0.15) is 0 Å². The van der Waals surface area contributed by atoms with Gasteiger partial charge in [-0.2, -0.15) is 5.10 Å². The molecule has 0 aromatic carbocycles. The lowest BCUT2D eigenvalue weighted by atomic mass is 10.6. The molecular weight excluding hydrogens is 204 g/mol. The summed E-state index contributed by atoms with van der Waals surface area (Å²) in [5.74, 6) is 0. The van der Waals surface area contributed by atoms with Crippen molar-refractivity contribution in [2.45, 2.75) is 11.9 Å². The molecule has 1 heterocycles. The van der Waals surface area contributed by atoms with Crippen molar-refractivity contribution in [3.8, 4) is 0 Å². The number of rotatable bonds is 6. The normalized spacial score (nSPS) is 11.8. The molecule has 1 aromatic heterocycles. The quantitative estimate of drug-likeness (QED) is 0.551. The van der Waals surface area contributed by atoms with E-state index in [4.69, 9.17) is 0 Å². The summed E-state index contributed by atoms with van der Waals surface area (Å²) in [5.41, 5.74) is 0. The molecule has 0 aliphatic carbocycles. The van der Waals surface area contributed by atoms with Gasteiger partial charge in [0.05, 0.1) is 6.20 Å². The van der Waals surface area contributed by atoms with Crippen LogP contribution in [0.4, 0.5) is 0 Å². The molecule has 0 radical (unpaired) electrons. The maximum Gasteiger partial charge on any atom is 0.257 e. The zero-order chi connectivity index (χ0) is 10.4. The van der Waals surface area contributed by atoms with Gasteiger partial charge >= 0.3 is 0 Å². The Labute approximate surface area is 83.1 Å². The topological polar surface area (TPSA) is 86.9 Å². The zero-order valence-electron chi connectivity index (χ0n) is 7.95. The Balaban J connectivity index is 2.44. The minimum Gasteiger partial charge on any atom is -0.316 e. The molecule has 0 aliphatic heterocycles. The van der Waals surface area contributed by atoms with Crippen molar-refractivity contribution in [3.63, 3.8) is 0 Å². The minimum absolute atomic E-state index is 0.0917. The number of aromatic nitrogens is 2. The van der Waals surface area contributed by atoms with Gasteiger partial charge in [0.25, 0.3) is 10.0 Å². The number of nitrogens with one attached hydrogen (secondary N) is 3. The molecule has 0 atom stereocenters. The third kappa shape index (κ3) is 3.09. The van der Waals surface area contributed by atoms with E-state index >= 15 is 0 Å². The number of sulfonamides is 1. The molecule has 1 rings (SSSR count). The highest BCUT2D eigenvalue weighted by molar-refractivity contribution is 7.89. The monoisotopic (exact) mass is 218 g/mol. The van der Waals surface area contributed by atoms with Crippen LogP contribution in [0.1, 0.15) is 6.92 Å². The van der Waals surface area contributed by atoms with Crippen molar-refractivity contribution in [1.82, 2.24) is 20.2 Å². The molecule has 6 nitrogen and oxygen atoms in total. The Morgan fingerprint density at radius 3 is 2.86 bits per heavy atom. The van der Waals surface area contributed by atoms with Crippen LogP contribution in [0.25, 0.3) is 0 Å². The van der Waals surface area contributed by atoms with Gasteiger partial charge in [-0.1, -0.05) is 6.92 Å². The molecule has 0 aliphatic rings. The number of nitrogens with zero attached hydrogens (tertiary/aromatic N) is 1. The first-order valence-corrected chi connectivity index (χ1v) is 5.85. The summed E-state index contributed by atoms with van der Waals surface area (Å²) < 4.78 is 25.3. The van der Waals surface area contributed by atoms with Gasteiger partial charge in [0.15, 0.2) is 5.03 Å². The summed E-state index contributed by atoms with van der Waals surface area (Å²) in [7, 11) is -3.41. The van der Waals surface area contributed by atoms with Gasteiger partial charge in [-0.25, -0.2) is 13.1 Å². The number of H-pyrrole nitrogens is 1. The summed E-state index contributed by atoms with van der Waals surface area (Å²) >= 11 is 0. The lowest BCUT2D eigenvalue weighted by molar-refractivity contribution is 0.573. The van der Waals surface area contributed by atoms with Crippen LogP contribution >= 0.6 is 0 Å². The molecule has 0 saturated heterocycles. The van der Waals surface area contributed by atoms with E-state index in [0.29, 0.717) is 13.1 Å². The Morgan fingerprint density at radius 2 is 2.29 bits per heavy atom. The molecule has 14 heavy (non-hydrogen) atoms. The number of aromatic amines is 1. The van der Waals surface area contributed by atoms with Gasteiger partial charge in [-0.15, -0.1) is 0 Å². The van der Waals surface area contributed by atoms with Gasteiger partial charge < -0.3 is 5.32 Å². The van der Waals surface area contributed by atoms with Crippen molar-refractivity contribution < 1.29 is 8.42 Å². The number of hydrogen-bond acceptors (Lipinski definition) is 4. The van der Waals surface area contributed by atoms with E-state index in [-0.39, 0.29) is 5.03 Å². The minimum atomic E-state index is -3.41. The van der Waals surface area contributed by atoms with Crippen LogP contribution in [0.3, 0.4) is 0 Å². The van der Waals surface area contributed by atoms with Crippen molar-refractivity contribution in [3.05, 3.63) is 12.3 Å². The molecular formula is C7H14N4O2S. The molecule has 0 fully saturated rings. The second-order valence-corrected chi connectivity index (χ2v) is 4.41. The van der Waals surface area contributed by atoms with Crippen LogP contribution < -0.4 is 10.0 Å². The van der Waals surface area contributed by atoms with E-state index in [9.17, 15) is 8.42 Å². The third-order valence-corrected chi connectivity index (χ3v) is 3.00. The lowest BCUT2D eigenvalue weighted by Gasteiger charge is -2.04. The van der Waals surface area contributed by atoms with Crippen LogP contribution in [-0.4, -0.2) is 38.2 Å². The van der Waals surface area contributed by atoms with E-state index in [2.05, 4.69) is 20.2 Å². The smallest absolute Gasteiger partial charge is 0.257 e. The van der Waals surface area contributed by atoms with E-state index < -0.39 is 10.0 Å². The first kappa shape index (κ1) is 11.2. The molecule has 0 unspecified atom stereocenters. The summed E-state index contributed by atoms with van der Waals surface area (Å²) in [6.45, 7) is 3.77. The fourth-order valence-electron chi connectivity index (χ4n) is 0.921. The zero-order valence-corrected chi connectivity index (χ0v) is 8.76. The van der Waals surface area contributed by atoms with Crippen LogP contribution in [0, 0.1) is 0 Å². The van der Waals surface area contributed by atoms with E-state index in [1.165, 1.54) is 12.3 Å². The van der Waals surface area contributed by atoms with Crippen molar-refractivity contribution in [2.24, 2.45) is 0 Å². The van der Waals surface area contributed by atoms with Gasteiger partial charge in [-0.3, -0.25) is 5.10 Å². The molecule has 0 saturated carbocycles. The first-order valence-electron chi connectivity index (χ1n) is 4.36. The second-order valence-electron chi connectivity index (χ2n) is 2.67. The predicted molar refractivity (Wildman–Crippen MR) is 52.3 cm³/mol. The van der Waals surface area contributed by atoms with Gasteiger partial charge in [-0.05, 0) is 12.6 Å². The van der Waals surface area contributed by atoms with E-state index in [0.717, 1.165) is 6.54 Å². The highest BCUT2D eigenvalue weighted by Gasteiger charge is 2.13. The van der Waals surface area contributed by atoms with Crippen LogP contribution in [-0.2, 0) is 10.0 Å². The molecule has 0 bridgehead atoms. The third-order valence-electron chi connectivity index (χ3n) is 1.61. The Hall–Kier alpha value is -0.920. The fourth-order valence-corrected chi connectivity index (χ4v) is 1.86. The standard InChI is InChI=1S/C7H14N4O2S/c1-2-8-5-6-10-14(12,13)7-3-4-9-11-7/h3-4,8,10H,2,5-6H2,1H3,(H,9,11). The average molecular weight is 218 g/mol. The summed E-state index contributed by atoms with van der Waals surface area (Å²) in [6, 6.07) is 1.41. The second kappa shape index (κ2) is 5.08. The van der Waals surface area contributed by atoms with Crippen LogP contribution in [0.2, 0.25) is 0 Å². The molecule has 80 valence electrons. The maximum absolute atomic E-state index is 11.4. The largest absolute Gasteiger partial charge is 0.316 e. The van der Waals surface area contributed by atoms with E-state index in [1.807, 2.05) is 6.92 Å². The number of hydrogen-bond donors (Lipinski definition) is 3. The lowest BCUT2D eigenvalue weighted by Crippen LogP contribution is -2.31. The average Bonchev–Trinajstić information content (AvgIpc) is 2.65. The fraction of sp³-hybridized carbons (Fsp3) is 0.571. The van der Waals surface area contributed by atoms with Crippen molar-refractivity contribution >= 4 is 10.0 Å². The van der Waals surface area contributed by atoms with Gasteiger partial charge in [0.2, 0.25) is 0 Å². The maximum atomic E-state index is 11.4. The summed E-state index contributed by atoms with van der Waals surface area (Å²) in [4.78, 5) is 0. The SMILES string of the molecule is CCNCCNS(=O)(=O)c1ccn[nH]1. The number of likely N-dealkylation sites (N-methyl/N-ethyl adjacent to an activating group) is 1. The Morgan fingerprint density at radius 1 is 1.50 bits per heavy atom. The highest BCUT2D eigenvalue weighted by Crippen LogP contribution is 2.00.